The Morgan fingerprint density at radius 1 is 1.07 bits per heavy atom. The molecule has 2 rings (SSSR count). The molecule has 0 atom stereocenters. The molecule has 0 saturated heterocycles. The topological polar surface area (TPSA) is 56.8 Å². The van der Waals surface area contributed by atoms with Crippen molar-refractivity contribution in [3.05, 3.63) is 48.0 Å². The molecule has 0 aliphatic heterocycles. The van der Waals surface area contributed by atoms with Crippen LogP contribution in [-0.4, -0.2) is 26.2 Å². The molecule has 2 aromatic carbocycles. The van der Waals surface area contributed by atoms with Gasteiger partial charge in [-0.1, -0.05) is 13.8 Å². The fourth-order valence-corrected chi connectivity index (χ4v) is 2.26. The molecule has 146 valence electrons. The zero-order chi connectivity index (χ0) is 19.8. The van der Waals surface area contributed by atoms with Gasteiger partial charge in [-0.15, -0.1) is 0 Å². The molecule has 0 unspecified atom stereocenters. The van der Waals surface area contributed by atoms with Crippen molar-refractivity contribution in [1.82, 2.24) is 0 Å². The number of carbonyl (C=O) groups excluding carboxylic acids is 1. The van der Waals surface area contributed by atoms with Crippen LogP contribution in [0.3, 0.4) is 0 Å². The van der Waals surface area contributed by atoms with Gasteiger partial charge in [0.2, 0.25) is 0 Å². The summed E-state index contributed by atoms with van der Waals surface area (Å²) in [6.07, 6.45) is 0.913. The summed E-state index contributed by atoms with van der Waals surface area (Å²) < 4.78 is 39.6. The van der Waals surface area contributed by atoms with Crippen LogP contribution in [0.4, 0.5) is 14.5 Å². The number of hydrogen-bond donors (Lipinski definition) is 1. The van der Waals surface area contributed by atoms with Gasteiger partial charge < -0.3 is 19.5 Å². The van der Waals surface area contributed by atoms with Gasteiger partial charge in [0.05, 0.1) is 13.7 Å². The van der Waals surface area contributed by atoms with Crippen molar-refractivity contribution in [2.45, 2.75) is 26.9 Å². The van der Waals surface area contributed by atoms with Gasteiger partial charge >= 0.3 is 6.61 Å². The Bertz CT molecular complexity index is 748. The lowest BCUT2D eigenvalue weighted by Crippen LogP contribution is -2.12. The summed E-state index contributed by atoms with van der Waals surface area (Å²) in [5.74, 6) is 1.23. The monoisotopic (exact) mass is 379 g/mol. The fourth-order valence-electron chi connectivity index (χ4n) is 2.26. The zero-order valence-electron chi connectivity index (χ0n) is 15.5. The smallest absolute Gasteiger partial charge is 0.387 e. The van der Waals surface area contributed by atoms with Gasteiger partial charge in [0.25, 0.3) is 5.91 Å². The number of methoxy groups -OCH3 is 1. The van der Waals surface area contributed by atoms with Gasteiger partial charge in [0.1, 0.15) is 5.75 Å². The van der Waals surface area contributed by atoms with E-state index in [4.69, 9.17) is 9.47 Å². The van der Waals surface area contributed by atoms with E-state index in [9.17, 15) is 13.6 Å². The first kappa shape index (κ1) is 20.5. The number of nitrogens with one attached hydrogen (secondary N) is 1. The molecule has 0 saturated carbocycles. The third-order valence-corrected chi connectivity index (χ3v) is 3.72. The molecular formula is C20H23F2NO4. The second-order valence-electron chi connectivity index (χ2n) is 6.25. The van der Waals surface area contributed by atoms with Gasteiger partial charge in [-0.2, -0.15) is 8.78 Å². The van der Waals surface area contributed by atoms with E-state index in [1.807, 2.05) is 0 Å². The van der Waals surface area contributed by atoms with Crippen LogP contribution >= 0.6 is 0 Å². The Morgan fingerprint density at radius 2 is 1.78 bits per heavy atom. The summed E-state index contributed by atoms with van der Waals surface area (Å²) in [5, 5.41) is 2.69. The molecule has 0 aliphatic carbocycles. The summed E-state index contributed by atoms with van der Waals surface area (Å²) in [6.45, 7) is 1.90. The second kappa shape index (κ2) is 9.75. The van der Waals surface area contributed by atoms with E-state index < -0.39 is 6.61 Å². The molecule has 5 nitrogen and oxygen atoms in total. The maximum Gasteiger partial charge on any atom is 0.387 e. The van der Waals surface area contributed by atoms with E-state index in [1.165, 1.54) is 31.4 Å². The molecular weight excluding hydrogens is 356 g/mol. The maximum atomic E-state index is 12.4. The Hall–Kier alpha value is -2.83. The Kier molecular flexibility index (Phi) is 7.40. The van der Waals surface area contributed by atoms with Crippen LogP contribution in [0.25, 0.3) is 0 Å². The number of hydrogen-bond acceptors (Lipinski definition) is 4. The maximum absolute atomic E-state index is 12.4. The van der Waals surface area contributed by atoms with Gasteiger partial charge in [0.15, 0.2) is 11.5 Å². The zero-order valence-corrected chi connectivity index (χ0v) is 15.5. The van der Waals surface area contributed by atoms with E-state index in [1.54, 1.807) is 18.2 Å². The molecule has 0 spiro atoms. The van der Waals surface area contributed by atoms with Crippen molar-refractivity contribution in [2.75, 3.05) is 19.0 Å². The van der Waals surface area contributed by atoms with Crippen molar-refractivity contribution in [3.63, 3.8) is 0 Å². The van der Waals surface area contributed by atoms with Crippen LogP contribution in [0.15, 0.2) is 42.5 Å². The Morgan fingerprint density at radius 3 is 2.37 bits per heavy atom. The molecule has 0 fully saturated rings. The van der Waals surface area contributed by atoms with Gasteiger partial charge in [-0.25, -0.2) is 0 Å². The van der Waals surface area contributed by atoms with E-state index in [0.717, 1.165) is 6.42 Å². The normalized spacial score (nSPS) is 10.8. The first-order valence-corrected chi connectivity index (χ1v) is 8.56. The van der Waals surface area contributed by atoms with Gasteiger partial charge in [-0.3, -0.25) is 4.79 Å². The number of anilines is 1. The molecule has 27 heavy (non-hydrogen) atoms. The van der Waals surface area contributed by atoms with Crippen LogP contribution in [0.1, 0.15) is 30.6 Å². The summed E-state index contributed by atoms with van der Waals surface area (Å²) in [4.78, 5) is 12.4. The largest absolute Gasteiger partial charge is 0.493 e. The lowest BCUT2D eigenvalue weighted by Gasteiger charge is -2.13. The minimum atomic E-state index is -2.89. The highest BCUT2D eigenvalue weighted by molar-refractivity contribution is 6.04. The highest BCUT2D eigenvalue weighted by atomic mass is 19.3. The fraction of sp³-hybridized carbons (Fsp3) is 0.350. The summed E-state index contributed by atoms with van der Waals surface area (Å²) >= 11 is 0. The summed E-state index contributed by atoms with van der Waals surface area (Å²) in [7, 11) is 1.51. The van der Waals surface area contributed by atoms with Crippen molar-refractivity contribution >= 4 is 11.6 Å². The van der Waals surface area contributed by atoms with Gasteiger partial charge in [0, 0.05) is 11.3 Å². The quantitative estimate of drug-likeness (QED) is 0.668. The lowest BCUT2D eigenvalue weighted by molar-refractivity contribution is -0.0498. The number of halogens is 2. The Balaban J connectivity index is 2.03. The van der Waals surface area contributed by atoms with E-state index in [2.05, 4.69) is 23.9 Å². The average molecular weight is 379 g/mol. The molecule has 1 amide bonds. The highest BCUT2D eigenvalue weighted by Crippen LogP contribution is 2.29. The molecule has 0 bridgehead atoms. The number of rotatable bonds is 9. The predicted octanol–water partition coefficient (Wildman–Crippen LogP) is 4.97. The number of ether oxygens (including phenoxy) is 3. The van der Waals surface area contributed by atoms with Crippen LogP contribution in [0.5, 0.6) is 17.2 Å². The van der Waals surface area contributed by atoms with Crippen LogP contribution in [-0.2, 0) is 0 Å². The first-order valence-electron chi connectivity index (χ1n) is 8.56. The molecule has 1 N–H and O–H groups in total. The second-order valence-corrected chi connectivity index (χ2v) is 6.25. The third-order valence-electron chi connectivity index (χ3n) is 3.72. The first-order chi connectivity index (χ1) is 12.9. The van der Waals surface area contributed by atoms with Crippen LogP contribution < -0.4 is 19.5 Å². The molecule has 0 aromatic heterocycles. The van der Waals surface area contributed by atoms with Crippen molar-refractivity contribution in [2.24, 2.45) is 5.92 Å². The van der Waals surface area contributed by atoms with Crippen molar-refractivity contribution in [3.8, 4) is 17.2 Å². The minimum absolute atomic E-state index is 0.0209. The summed E-state index contributed by atoms with van der Waals surface area (Å²) in [6, 6.07) is 10.6. The third kappa shape index (κ3) is 6.44. The molecule has 0 aliphatic rings. The van der Waals surface area contributed by atoms with E-state index >= 15 is 0 Å². The highest BCUT2D eigenvalue weighted by Gasteiger charge is 2.12. The SMILES string of the molecule is COc1cc(C(=O)Nc2ccc(OC(F)F)cc2)ccc1OCCC(C)C. The van der Waals surface area contributed by atoms with Crippen LogP contribution in [0, 0.1) is 5.92 Å². The average Bonchev–Trinajstić information content (AvgIpc) is 2.62. The lowest BCUT2D eigenvalue weighted by atomic mass is 10.1. The molecule has 0 heterocycles. The minimum Gasteiger partial charge on any atom is -0.493 e. The van der Waals surface area contributed by atoms with E-state index in [0.29, 0.717) is 35.3 Å². The number of amides is 1. The van der Waals surface area contributed by atoms with Gasteiger partial charge in [-0.05, 0) is 54.8 Å². The number of benzene rings is 2. The number of alkyl halides is 2. The van der Waals surface area contributed by atoms with Crippen molar-refractivity contribution in [1.29, 1.82) is 0 Å². The molecule has 0 radical (unpaired) electrons. The van der Waals surface area contributed by atoms with Crippen molar-refractivity contribution < 1.29 is 27.8 Å². The number of carbonyl (C=O) groups is 1. The summed E-state index contributed by atoms with van der Waals surface area (Å²) in [5.41, 5.74) is 0.841. The van der Waals surface area contributed by atoms with E-state index in [-0.39, 0.29) is 11.7 Å². The Labute approximate surface area is 157 Å². The molecule has 7 heteroatoms. The molecule has 2 aromatic rings. The predicted molar refractivity (Wildman–Crippen MR) is 99.0 cm³/mol. The standard InChI is InChI=1S/C20H23F2NO4/c1-13(2)10-11-26-17-9-4-14(12-18(17)25-3)19(24)23-15-5-7-16(8-6-15)27-20(21)22/h4-9,12-13,20H,10-11H2,1-3H3,(H,23,24). The van der Waals surface area contributed by atoms with Crippen LogP contribution in [0.2, 0.25) is 0 Å².